The number of carbonyl (C=O) groups excluding carboxylic acids is 3. The fraction of sp³-hybridized carbons (Fsp3) is 0.591. The first-order valence-electron chi connectivity index (χ1n) is 10.2. The van der Waals surface area contributed by atoms with Gasteiger partial charge in [-0.3, -0.25) is 9.59 Å². The summed E-state index contributed by atoms with van der Waals surface area (Å²) in [7, 11) is 0. The molecule has 2 rings (SSSR count). The van der Waals surface area contributed by atoms with Gasteiger partial charge in [0.05, 0.1) is 0 Å². The number of hydrogen-bond acceptors (Lipinski definition) is 4. The van der Waals surface area contributed by atoms with Crippen LogP contribution in [0.15, 0.2) is 24.3 Å². The summed E-state index contributed by atoms with van der Waals surface area (Å²) in [6, 6.07) is 4.21. The van der Waals surface area contributed by atoms with Crippen LogP contribution in [0.2, 0.25) is 0 Å². The summed E-state index contributed by atoms with van der Waals surface area (Å²) in [6.07, 6.45) is 3.15. The van der Waals surface area contributed by atoms with E-state index in [1.165, 1.54) is 24.3 Å². The highest BCUT2D eigenvalue weighted by molar-refractivity contribution is 5.97. The van der Waals surface area contributed by atoms with E-state index < -0.39 is 23.7 Å². The van der Waals surface area contributed by atoms with Crippen LogP contribution in [0.25, 0.3) is 0 Å². The summed E-state index contributed by atoms with van der Waals surface area (Å²) >= 11 is 0. The molecule has 0 bridgehead atoms. The van der Waals surface area contributed by atoms with Gasteiger partial charge in [0.2, 0.25) is 0 Å². The van der Waals surface area contributed by atoms with E-state index in [4.69, 9.17) is 4.74 Å². The van der Waals surface area contributed by atoms with Gasteiger partial charge in [0.1, 0.15) is 11.9 Å². The van der Waals surface area contributed by atoms with Crippen LogP contribution < -0.4 is 10.6 Å². The quantitative estimate of drug-likeness (QED) is 0.682. The topological polar surface area (TPSA) is 84.5 Å². The third kappa shape index (κ3) is 6.54. The molecule has 0 saturated heterocycles. The van der Waals surface area contributed by atoms with Gasteiger partial charge in [-0.15, -0.1) is 0 Å². The molecule has 29 heavy (non-hydrogen) atoms. The molecule has 2 N–H and O–H groups in total. The molecular weight excluding hydrogens is 375 g/mol. The molecule has 1 aromatic rings. The van der Waals surface area contributed by atoms with Crippen LogP contribution in [0.1, 0.15) is 57.3 Å². The molecule has 0 radical (unpaired) electrons. The number of halogens is 1. The molecular formula is C22H31FN2O4. The number of esters is 1. The Bertz CT molecular complexity index is 720. The Labute approximate surface area is 171 Å². The fourth-order valence-electron chi connectivity index (χ4n) is 3.58. The number of hydrogen-bond donors (Lipinski definition) is 2. The lowest BCUT2D eigenvalue weighted by atomic mass is 9.78. The zero-order chi connectivity index (χ0) is 21.6. The summed E-state index contributed by atoms with van der Waals surface area (Å²) in [4.78, 5) is 37.0. The molecule has 0 heterocycles. The van der Waals surface area contributed by atoms with Crippen molar-refractivity contribution in [2.24, 2.45) is 17.8 Å². The molecule has 2 amide bonds. The minimum Gasteiger partial charge on any atom is -0.454 e. The third-order valence-corrected chi connectivity index (χ3v) is 5.71. The van der Waals surface area contributed by atoms with Crippen molar-refractivity contribution in [3.05, 3.63) is 35.6 Å². The maximum absolute atomic E-state index is 13.0. The zero-order valence-corrected chi connectivity index (χ0v) is 17.5. The van der Waals surface area contributed by atoms with Gasteiger partial charge in [-0.25, -0.2) is 9.18 Å². The molecule has 1 aromatic carbocycles. The zero-order valence-electron chi connectivity index (χ0n) is 17.5. The first-order valence-corrected chi connectivity index (χ1v) is 10.2. The molecule has 0 aromatic heterocycles. The Morgan fingerprint density at radius 1 is 1.14 bits per heavy atom. The number of rotatable bonds is 7. The molecule has 6 nitrogen and oxygen atoms in total. The predicted molar refractivity (Wildman–Crippen MR) is 108 cm³/mol. The second-order valence-electron chi connectivity index (χ2n) is 8.25. The van der Waals surface area contributed by atoms with Crippen LogP contribution >= 0.6 is 0 Å². The average molecular weight is 406 g/mol. The second-order valence-corrected chi connectivity index (χ2v) is 8.25. The van der Waals surface area contributed by atoms with Gasteiger partial charge in [0.25, 0.3) is 11.8 Å². The minimum atomic E-state index is -0.908. The van der Waals surface area contributed by atoms with Gasteiger partial charge in [-0.05, 0) is 48.4 Å². The normalized spacial score (nSPS) is 22.6. The first-order chi connectivity index (χ1) is 13.7. The molecule has 0 unspecified atom stereocenters. The van der Waals surface area contributed by atoms with E-state index in [1.54, 1.807) is 13.8 Å². The van der Waals surface area contributed by atoms with E-state index in [-0.39, 0.29) is 30.0 Å². The lowest BCUT2D eigenvalue weighted by Crippen LogP contribution is -2.48. The molecule has 1 aliphatic carbocycles. The van der Waals surface area contributed by atoms with Crippen LogP contribution in [0.4, 0.5) is 4.39 Å². The number of amides is 2. The highest BCUT2D eigenvalue weighted by Gasteiger charge is 2.30. The van der Waals surface area contributed by atoms with E-state index in [9.17, 15) is 18.8 Å². The fourth-order valence-corrected chi connectivity index (χ4v) is 3.58. The largest absolute Gasteiger partial charge is 0.454 e. The van der Waals surface area contributed by atoms with Crippen molar-refractivity contribution in [1.29, 1.82) is 0 Å². The van der Waals surface area contributed by atoms with Crippen molar-refractivity contribution < 1.29 is 23.5 Å². The Balaban J connectivity index is 1.87. The number of carbonyl (C=O) groups is 3. The molecule has 7 heteroatoms. The lowest BCUT2D eigenvalue weighted by molar-refractivity contribution is -0.151. The Hall–Kier alpha value is -2.44. The Morgan fingerprint density at radius 2 is 1.79 bits per heavy atom. The molecule has 160 valence electrons. The van der Waals surface area contributed by atoms with Crippen LogP contribution in [0.3, 0.4) is 0 Å². The summed E-state index contributed by atoms with van der Waals surface area (Å²) in [5, 5.41) is 5.56. The molecule has 1 aliphatic rings. The molecule has 1 saturated carbocycles. The standard InChI is InChI=1S/C22H31FN2O4/c1-13(2)20(25-21(27)16-8-10-17(23)11-9-16)22(28)29-12-19(26)24-18-7-5-6-14(3)15(18)4/h8-11,13-15,18,20H,5-7,12H2,1-4H3,(H,24,26)(H,25,27)/t14-,15-,18+,20-/m0/s1. The average Bonchev–Trinajstić information content (AvgIpc) is 2.68. The molecule has 1 fully saturated rings. The van der Waals surface area contributed by atoms with Crippen LogP contribution in [-0.4, -0.2) is 36.5 Å². The minimum absolute atomic E-state index is 0.0871. The van der Waals surface area contributed by atoms with Crippen molar-refractivity contribution in [2.75, 3.05) is 6.61 Å². The van der Waals surface area contributed by atoms with Gasteiger partial charge in [-0.1, -0.05) is 40.5 Å². The van der Waals surface area contributed by atoms with Crippen molar-refractivity contribution in [3.63, 3.8) is 0 Å². The van der Waals surface area contributed by atoms with Gasteiger partial charge in [0.15, 0.2) is 6.61 Å². The molecule has 0 aliphatic heterocycles. The van der Waals surface area contributed by atoms with E-state index in [0.717, 1.165) is 19.3 Å². The van der Waals surface area contributed by atoms with Crippen LogP contribution in [0.5, 0.6) is 0 Å². The van der Waals surface area contributed by atoms with Gasteiger partial charge >= 0.3 is 5.97 Å². The predicted octanol–water partition coefficient (Wildman–Crippen LogP) is 3.06. The summed E-state index contributed by atoms with van der Waals surface area (Å²) in [5.41, 5.74) is 0.239. The van der Waals surface area contributed by atoms with Crippen molar-refractivity contribution in [2.45, 2.75) is 59.0 Å². The Kier molecular flexibility index (Phi) is 8.17. The Morgan fingerprint density at radius 3 is 2.41 bits per heavy atom. The van der Waals surface area contributed by atoms with Crippen LogP contribution in [0, 0.1) is 23.6 Å². The van der Waals surface area contributed by atoms with Crippen LogP contribution in [-0.2, 0) is 14.3 Å². The highest BCUT2D eigenvalue weighted by atomic mass is 19.1. The number of ether oxygens (including phenoxy) is 1. The monoisotopic (exact) mass is 406 g/mol. The highest BCUT2D eigenvalue weighted by Crippen LogP contribution is 2.29. The van der Waals surface area contributed by atoms with E-state index in [2.05, 4.69) is 24.5 Å². The molecule has 4 atom stereocenters. The third-order valence-electron chi connectivity index (χ3n) is 5.71. The summed E-state index contributed by atoms with van der Waals surface area (Å²) in [5.74, 6) is -1.28. The van der Waals surface area contributed by atoms with Crippen molar-refractivity contribution in [1.82, 2.24) is 10.6 Å². The van der Waals surface area contributed by atoms with E-state index in [1.807, 2.05) is 0 Å². The summed E-state index contributed by atoms with van der Waals surface area (Å²) < 4.78 is 18.2. The second kappa shape index (κ2) is 10.4. The summed E-state index contributed by atoms with van der Waals surface area (Å²) in [6.45, 7) is 7.46. The van der Waals surface area contributed by atoms with E-state index >= 15 is 0 Å². The SMILES string of the molecule is CC(C)[C@H](NC(=O)c1ccc(F)cc1)C(=O)OCC(=O)N[C@@H]1CCC[C@H](C)[C@@H]1C. The lowest BCUT2D eigenvalue weighted by Gasteiger charge is -2.34. The van der Waals surface area contributed by atoms with Crippen molar-refractivity contribution >= 4 is 17.8 Å². The van der Waals surface area contributed by atoms with Gasteiger partial charge < -0.3 is 15.4 Å². The maximum Gasteiger partial charge on any atom is 0.329 e. The smallest absolute Gasteiger partial charge is 0.329 e. The first kappa shape index (κ1) is 22.8. The molecule has 0 spiro atoms. The number of nitrogens with one attached hydrogen (secondary N) is 2. The number of benzene rings is 1. The van der Waals surface area contributed by atoms with Crippen molar-refractivity contribution in [3.8, 4) is 0 Å². The van der Waals surface area contributed by atoms with Gasteiger partial charge in [0, 0.05) is 11.6 Å². The van der Waals surface area contributed by atoms with Gasteiger partial charge in [-0.2, -0.15) is 0 Å². The maximum atomic E-state index is 13.0. The van der Waals surface area contributed by atoms with E-state index in [0.29, 0.717) is 11.8 Å².